The van der Waals surface area contributed by atoms with Gasteiger partial charge in [-0.1, -0.05) is 46.3 Å². The molecule has 2 amide bonds. The van der Waals surface area contributed by atoms with E-state index in [0.717, 1.165) is 4.47 Å². The highest BCUT2D eigenvalue weighted by Crippen LogP contribution is 2.42. The van der Waals surface area contributed by atoms with Crippen LogP contribution < -0.4 is 10.2 Å². The number of hydrogen-bond acceptors (Lipinski definition) is 3. The van der Waals surface area contributed by atoms with E-state index in [-0.39, 0.29) is 24.0 Å². The van der Waals surface area contributed by atoms with Gasteiger partial charge >= 0.3 is 0 Å². The van der Waals surface area contributed by atoms with Gasteiger partial charge in [0.1, 0.15) is 0 Å². The van der Waals surface area contributed by atoms with E-state index in [4.69, 9.17) is 0 Å². The van der Waals surface area contributed by atoms with Crippen LogP contribution in [-0.2, 0) is 15.1 Å². The topological polar surface area (TPSA) is 66.5 Å². The highest BCUT2D eigenvalue weighted by Gasteiger charge is 2.51. The highest BCUT2D eigenvalue weighted by molar-refractivity contribution is 9.10. The monoisotopic (exact) mass is 400 g/mol. The lowest BCUT2D eigenvalue weighted by Crippen LogP contribution is -2.53. The number of benzene rings is 2. The Balaban J connectivity index is 2.06. The smallest absolute Gasteiger partial charge is 0.257 e. The number of carbonyl (C=O) groups is 3. The van der Waals surface area contributed by atoms with E-state index in [1.54, 1.807) is 49.5 Å². The number of carbonyl (C=O) groups excluding carboxylic acids is 3. The molecule has 0 aliphatic carbocycles. The number of ketones is 1. The fourth-order valence-electron chi connectivity index (χ4n) is 3.25. The van der Waals surface area contributed by atoms with E-state index in [0.29, 0.717) is 16.8 Å². The van der Waals surface area contributed by atoms with Crippen LogP contribution in [0.25, 0.3) is 0 Å². The maximum Gasteiger partial charge on any atom is 0.257 e. The molecule has 5 nitrogen and oxygen atoms in total. The zero-order chi connectivity index (χ0) is 18.2. The lowest BCUT2D eigenvalue weighted by atomic mass is 9.84. The molecule has 2 aromatic rings. The summed E-state index contributed by atoms with van der Waals surface area (Å²) in [4.78, 5) is 39.1. The molecule has 0 spiro atoms. The molecule has 0 bridgehead atoms. The molecule has 0 radical (unpaired) electrons. The van der Waals surface area contributed by atoms with Crippen molar-refractivity contribution in [1.29, 1.82) is 0 Å². The number of halogens is 1. The van der Waals surface area contributed by atoms with Crippen molar-refractivity contribution in [2.45, 2.75) is 18.9 Å². The lowest BCUT2D eigenvalue weighted by Gasteiger charge is -2.28. The number of likely N-dealkylation sites (N-methyl/N-ethyl adjacent to an activating group) is 1. The average molecular weight is 401 g/mol. The molecule has 0 aromatic heterocycles. The van der Waals surface area contributed by atoms with Crippen LogP contribution in [0.1, 0.15) is 29.3 Å². The number of amides is 2. The third-order valence-corrected chi connectivity index (χ3v) is 4.90. The summed E-state index contributed by atoms with van der Waals surface area (Å²) in [7, 11) is 1.65. The molecular weight excluding hydrogens is 384 g/mol. The first-order chi connectivity index (χ1) is 11.8. The number of Topliss-reactive ketones (excluding diaryl/α,β-unsaturated/α-hetero) is 1. The van der Waals surface area contributed by atoms with Crippen LogP contribution in [-0.4, -0.2) is 24.6 Å². The van der Waals surface area contributed by atoms with Gasteiger partial charge in [-0.2, -0.15) is 0 Å². The summed E-state index contributed by atoms with van der Waals surface area (Å²) in [6, 6.07) is 14.1. The fraction of sp³-hybridized carbons (Fsp3) is 0.211. The number of anilines is 1. The summed E-state index contributed by atoms with van der Waals surface area (Å²) in [5, 5.41) is 2.74. The van der Waals surface area contributed by atoms with Gasteiger partial charge in [0.2, 0.25) is 5.91 Å². The minimum Gasteiger partial charge on any atom is -0.338 e. The Hall–Kier alpha value is -2.47. The molecule has 1 aliphatic heterocycles. The van der Waals surface area contributed by atoms with Crippen molar-refractivity contribution >= 4 is 39.2 Å². The summed E-state index contributed by atoms with van der Waals surface area (Å²) in [5.41, 5.74) is 0.460. The van der Waals surface area contributed by atoms with Gasteiger partial charge in [-0.3, -0.25) is 14.4 Å². The molecule has 1 aliphatic rings. The van der Waals surface area contributed by atoms with Crippen molar-refractivity contribution in [2.75, 3.05) is 11.9 Å². The van der Waals surface area contributed by atoms with Crippen LogP contribution in [0.4, 0.5) is 5.69 Å². The summed E-state index contributed by atoms with van der Waals surface area (Å²) in [6.45, 7) is 1.35. The van der Waals surface area contributed by atoms with Gasteiger partial charge in [-0.05, 0) is 18.2 Å². The molecule has 1 N–H and O–H groups in total. The van der Waals surface area contributed by atoms with Gasteiger partial charge < -0.3 is 10.2 Å². The average Bonchev–Trinajstić information content (AvgIpc) is 2.78. The number of nitrogens with one attached hydrogen (secondary N) is 1. The Morgan fingerprint density at radius 3 is 2.40 bits per heavy atom. The second kappa shape index (κ2) is 6.44. The first-order valence-corrected chi connectivity index (χ1v) is 8.59. The van der Waals surface area contributed by atoms with Gasteiger partial charge in [0.05, 0.1) is 0 Å². The molecule has 2 aromatic carbocycles. The van der Waals surface area contributed by atoms with E-state index in [2.05, 4.69) is 21.2 Å². The van der Waals surface area contributed by atoms with Crippen molar-refractivity contribution in [2.24, 2.45) is 0 Å². The highest BCUT2D eigenvalue weighted by atomic mass is 79.9. The van der Waals surface area contributed by atoms with E-state index in [1.165, 1.54) is 11.8 Å². The number of hydrogen-bond donors (Lipinski definition) is 1. The van der Waals surface area contributed by atoms with E-state index in [1.807, 2.05) is 6.07 Å². The fourth-order valence-corrected chi connectivity index (χ4v) is 3.52. The molecule has 0 saturated carbocycles. The zero-order valence-electron chi connectivity index (χ0n) is 13.9. The van der Waals surface area contributed by atoms with Crippen molar-refractivity contribution < 1.29 is 14.4 Å². The Labute approximate surface area is 154 Å². The van der Waals surface area contributed by atoms with Crippen LogP contribution in [0.5, 0.6) is 0 Å². The van der Waals surface area contributed by atoms with Crippen LogP contribution in [0.3, 0.4) is 0 Å². The van der Waals surface area contributed by atoms with Crippen LogP contribution in [0, 0.1) is 0 Å². The molecule has 1 atom stereocenters. The quantitative estimate of drug-likeness (QED) is 0.801. The maximum atomic E-state index is 13.0. The minimum absolute atomic E-state index is 0.131. The molecule has 25 heavy (non-hydrogen) atoms. The molecule has 6 heteroatoms. The molecule has 0 saturated heterocycles. The number of para-hydroxylation sites is 1. The van der Waals surface area contributed by atoms with Gasteiger partial charge in [-0.15, -0.1) is 0 Å². The van der Waals surface area contributed by atoms with Crippen LogP contribution >= 0.6 is 15.9 Å². The van der Waals surface area contributed by atoms with Crippen molar-refractivity contribution in [3.63, 3.8) is 0 Å². The third-order valence-electron chi connectivity index (χ3n) is 4.38. The van der Waals surface area contributed by atoms with E-state index >= 15 is 0 Å². The minimum atomic E-state index is -1.37. The van der Waals surface area contributed by atoms with Gasteiger partial charge in [0.25, 0.3) is 5.91 Å². The Morgan fingerprint density at radius 2 is 1.76 bits per heavy atom. The second-order valence-electron chi connectivity index (χ2n) is 6.07. The normalized spacial score (nSPS) is 18.8. The maximum absolute atomic E-state index is 13.0. The Morgan fingerprint density at radius 1 is 1.12 bits per heavy atom. The zero-order valence-corrected chi connectivity index (χ0v) is 15.5. The summed E-state index contributed by atoms with van der Waals surface area (Å²) < 4.78 is 0.864. The molecule has 128 valence electrons. The van der Waals surface area contributed by atoms with Crippen LogP contribution in [0.15, 0.2) is 53.0 Å². The van der Waals surface area contributed by atoms with Crippen molar-refractivity contribution in [1.82, 2.24) is 5.32 Å². The third kappa shape index (κ3) is 2.98. The van der Waals surface area contributed by atoms with E-state index in [9.17, 15) is 14.4 Å². The van der Waals surface area contributed by atoms with Crippen LogP contribution in [0.2, 0.25) is 0 Å². The Bertz CT molecular complexity index is 863. The number of nitrogens with zero attached hydrogens (tertiary/aromatic N) is 1. The number of rotatable bonds is 4. The molecule has 3 rings (SSSR count). The van der Waals surface area contributed by atoms with Gasteiger partial charge in [0.15, 0.2) is 11.3 Å². The standard InChI is InChI=1S/C19H17BrN2O3/c1-12(23)21-19(11-17(24)13-7-9-14(20)10-8-13)15-5-3-4-6-16(15)22(2)18(19)25/h3-10H,11H2,1-2H3,(H,21,23)/t19-/m1/s1. The largest absolute Gasteiger partial charge is 0.338 e. The van der Waals surface area contributed by atoms with Crippen molar-refractivity contribution in [3.8, 4) is 0 Å². The van der Waals surface area contributed by atoms with E-state index < -0.39 is 5.54 Å². The predicted octanol–water partition coefficient (Wildman–Crippen LogP) is 3.03. The number of fused-ring (bicyclic) bond motifs is 1. The molecule has 0 unspecified atom stereocenters. The predicted molar refractivity (Wildman–Crippen MR) is 98.4 cm³/mol. The van der Waals surface area contributed by atoms with Gasteiger partial charge in [-0.25, -0.2) is 0 Å². The summed E-state index contributed by atoms with van der Waals surface area (Å²) in [6.07, 6.45) is -0.131. The molecule has 1 heterocycles. The second-order valence-corrected chi connectivity index (χ2v) is 6.99. The Kier molecular flexibility index (Phi) is 4.47. The first kappa shape index (κ1) is 17.4. The lowest BCUT2D eigenvalue weighted by molar-refractivity contribution is -0.130. The van der Waals surface area contributed by atoms with Crippen molar-refractivity contribution in [3.05, 3.63) is 64.1 Å². The first-order valence-electron chi connectivity index (χ1n) is 7.80. The summed E-state index contributed by atoms with van der Waals surface area (Å²) >= 11 is 3.34. The van der Waals surface area contributed by atoms with Gasteiger partial charge in [0, 0.05) is 41.7 Å². The SMILES string of the molecule is CC(=O)N[C@@]1(CC(=O)c2ccc(Br)cc2)C(=O)N(C)c2ccccc21. The molecule has 0 fully saturated rings. The molecular formula is C19H17BrN2O3. The summed E-state index contributed by atoms with van der Waals surface area (Å²) in [5.74, 6) is -0.879.